The van der Waals surface area contributed by atoms with Gasteiger partial charge in [-0.15, -0.1) is 0 Å². The number of thioether (sulfide) groups is 1. The lowest BCUT2D eigenvalue weighted by atomic mass is 10.2. The van der Waals surface area contributed by atoms with Crippen LogP contribution in [-0.2, 0) is 4.74 Å². The zero-order valence-electron chi connectivity index (χ0n) is 10.3. The smallest absolute Gasteiger partial charge is 0.0589 e. The minimum atomic E-state index is 0.738. The summed E-state index contributed by atoms with van der Waals surface area (Å²) in [4.78, 5) is 2.62. The molecule has 0 aromatic rings. The lowest BCUT2D eigenvalue weighted by molar-refractivity contribution is 0.140. The van der Waals surface area contributed by atoms with Gasteiger partial charge in [0.1, 0.15) is 0 Å². The monoisotopic (exact) mass is 244 g/mol. The Hall–Kier alpha value is 0.230. The first-order chi connectivity index (χ1) is 7.90. The van der Waals surface area contributed by atoms with Crippen LogP contribution in [0.25, 0.3) is 0 Å². The van der Waals surface area contributed by atoms with Crippen molar-refractivity contribution in [1.82, 2.24) is 10.2 Å². The van der Waals surface area contributed by atoms with Gasteiger partial charge in [0.15, 0.2) is 0 Å². The van der Waals surface area contributed by atoms with Crippen LogP contribution in [0.1, 0.15) is 19.3 Å². The van der Waals surface area contributed by atoms with E-state index in [2.05, 4.69) is 22.0 Å². The van der Waals surface area contributed by atoms with Crippen LogP contribution in [-0.4, -0.2) is 61.8 Å². The Bertz CT molecular complexity index is 193. The van der Waals surface area contributed by atoms with Crippen molar-refractivity contribution in [2.75, 3.05) is 44.9 Å². The Labute approximate surface area is 103 Å². The molecule has 2 fully saturated rings. The molecule has 1 saturated carbocycles. The van der Waals surface area contributed by atoms with Crippen LogP contribution >= 0.6 is 11.8 Å². The third kappa shape index (κ3) is 4.24. The van der Waals surface area contributed by atoms with Crippen LogP contribution in [0.3, 0.4) is 0 Å². The van der Waals surface area contributed by atoms with Gasteiger partial charge < -0.3 is 10.1 Å². The Morgan fingerprint density at radius 1 is 1.38 bits per heavy atom. The molecule has 0 amide bonds. The molecular weight excluding hydrogens is 220 g/mol. The highest BCUT2D eigenvalue weighted by atomic mass is 32.2. The molecule has 3 nitrogen and oxygen atoms in total. The van der Waals surface area contributed by atoms with Gasteiger partial charge in [0.05, 0.1) is 6.61 Å². The first-order valence-corrected chi connectivity index (χ1v) is 7.59. The molecule has 16 heavy (non-hydrogen) atoms. The van der Waals surface area contributed by atoms with Gasteiger partial charge in [-0.05, 0) is 19.3 Å². The second-order valence-corrected chi connectivity index (χ2v) is 5.92. The van der Waals surface area contributed by atoms with E-state index in [9.17, 15) is 0 Å². The molecule has 1 N–H and O–H groups in total. The fraction of sp³-hybridized carbons (Fsp3) is 1.00. The van der Waals surface area contributed by atoms with Crippen molar-refractivity contribution < 1.29 is 4.74 Å². The number of ether oxygens (including phenoxy) is 1. The molecule has 1 unspecified atom stereocenters. The van der Waals surface area contributed by atoms with E-state index >= 15 is 0 Å². The van der Waals surface area contributed by atoms with Gasteiger partial charge in [0, 0.05) is 50.3 Å². The standard InChI is InChI=1S/C12H24N2OS/c1-15-8-7-14(12-2-3-12)6-4-11-10-16-9-5-13-11/h11-13H,2-10H2,1H3. The van der Waals surface area contributed by atoms with Crippen molar-refractivity contribution in [3.63, 3.8) is 0 Å². The van der Waals surface area contributed by atoms with E-state index in [1.54, 1.807) is 7.11 Å². The van der Waals surface area contributed by atoms with E-state index in [0.29, 0.717) is 0 Å². The molecule has 1 aliphatic heterocycles. The summed E-state index contributed by atoms with van der Waals surface area (Å²) in [7, 11) is 1.80. The SMILES string of the molecule is COCCN(CCC1CSCCN1)C1CC1. The molecule has 0 aromatic heterocycles. The van der Waals surface area contributed by atoms with Gasteiger partial charge >= 0.3 is 0 Å². The van der Waals surface area contributed by atoms with Crippen LogP contribution in [0.15, 0.2) is 0 Å². The number of methoxy groups -OCH3 is 1. The summed E-state index contributed by atoms with van der Waals surface area (Å²) in [5, 5.41) is 3.61. The maximum absolute atomic E-state index is 5.18. The second-order valence-electron chi connectivity index (χ2n) is 4.77. The highest BCUT2D eigenvalue weighted by Gasteiger charge is 2.28. The maximum Gasteiger partial charge on any atom is 0.0589 e. The molecule has 1 atom stereocenters. The molecule has 1 heterocycles. The predicted molar refractivity (Wildman–Crippen MR) is 70.2 cm³/mol. The van der Waals surface area contributed by atoms with Crippen LogP contribution in [0, 0.1) is 0 Å². The van der Waals surface area contributed by atoms with Crippen molar-refractivity contribution >= 4 is 11.8 Å². The van der Waals surface area contributed by atoms with Crippen molar-refractivity contribution in [3.05, 3.63) is 0 Å². The van der Waals surface area contributed by atoms with E-state index in [1.165, 1.54) is 43.9 Å². The van der Waals surface area contributed by atoms with Crippen molar-refractivity contribution in [2.45, 2.75) is 31.3 Å². The molecule has 94 valence electrons. The van der Waals surface area contributed by atoms with Crippen molar-refractivity contribution in [3.8, 4) is 0 Å². The molecule has 2 aliphatic rings. The lowest BCUT2D eigenvalue weighted by Gasteiger charge is -2.27. The van der Waals surface area contributed by atoms with Gasteiger partial charge in [-0.1, -0.05) is 0 Å². The second kappa shape index (κ2) is 6.84. The van der Waals surface area contributed by atoms with Crippen molar-refractivity contribution in [2.24, 2.45) is 0 Å². The summed E-state index contributed by atoms with van der Waals surface area (Å²) in [5.41, 5.74) is 0. The van der Waals surface area contributed by atoms with E-state index in [1.807, 2.05) is 0 Å². The summed E-state index contributed by atoms with van der Waals surface area (Å²) in [6.45, 7) is 4.42. The molecule has 1 saturated heterocycles. The number of hydrogen-bond donors (Lipinski definition) is 1. The van der Waals surface area contributed by atoms with Gasteiger partial charge in [-0.2, -0.15) is 11.8 Å². The van der Waals surface area contributed by atoms with Crippen LogP contribution in [0.2, 0.25) is 0 Å². The normalized spacial score (nSPS) is 26.2. The minimum absolute atomic E-state index is 0.738. The average molecular weight is 244 g/mol. The Morgan fingerprint density at radius 3 is 2.88 bits per heavy atom. The molecule has 1 aliphatic carbocycles. The zero-order chi connectivity index (χ0) is 11.2. The average Bonchev–Trinajstić information content (AvgIpc) is 3.15. The summed E-state index contributed by atoms with van der Waals surface area (Å²) >= 11 is 2.09. The van der Waals surface area contributed by atoms with E-state index < -0.39 is 0 Å². The van der Waals surface area contributed by atoms with E-state index in [4.69, 9.17) is 4.74 Å². The summed E-state index contributed by atoms with van der Waals surface area (Å²) in [6, 6.07) is 1.61. The van der Waals surface area contributed by atoms with Crippen LogP contribution in [0.4, 0.5) is 0 Å². The lowest BCUT2D eigenvalue weighted by Crippen LogP contribution is -2.41. The molecule has 0 spiro atoms. The van der Waals surface area contributed by atoms with Crippen LogP contribution in [0.5, 0.6) is 0 Å². The highest BCUT2D eigenvalue weighted by Crippen LogP contribution is 2.27. The summed E-state index contributed by atoms with van der Waals surface area (Å²) < 4.78 is 5.18. The Kier molecular flexibility index (Phi) is 5.42. The Balaban J connectivity index is 1.64. The third-order valence-corrected chi connectivity index (χ3v) is 4.54. The predicted octanol–water partition coefficient (Wildman–Crippen LogP) is 1.19. The first-order valence-electron chi connectivity index (χ1n) is 6.44. The highest BCUT2D eigenvalue weighted by molar-refractivity contribution is 7.99. The summed E-state index contributed by atoms with van der Waals surface area (Å²) in [5.74, 6) is 2.58. The van der Waals surface area contributed by atoms with Gasteiger partial charge in [-0.3, -0.25) is 4.90 Å². The van der Waals surface area contributed by atoms with Gasteiger partial charge in [-0.25, -0.2) is 0 Å². The van der Waals surface area contributed by atoms with E-state index in [-0.39, 0.29) is 0 Å². The van der Waals surface area contributed by atoms with Gasteiger partial charge in [0.2, 0.25) is 0 Å². The maximum atomic E-state index is 5.18. The third-order valence-electron chi connectivity index (χ3n) is 3.41. The zero-order valence-corrected chi connectivity index (χ0v) is 11.1. The molecular formula is C12H24N2OS. The minimum Gasteiger partial charge on any atom is -0.383 e. The number of hydrogen-bond acceptors (Lipinski definition) is 4. The largest absolute Gasteiger partial charge is 0.383 e. The Morgan fingerprint density at radius 2 is 2.25 bits per heavy atom. The van der Waals surface area contributed by atoms with Crippen LogP contribution < -0.4 is 5.32 Å². The van der Waals surface area contributed by atoms with Crippen molar-refractivity contribution in [1.29, 1.82) is 0 Å². The van der Waals surface area contributed by atoms with Gasteiger partial charge in [0.25, 0.3) is 0 Å². The number of nitrogens with one attached hydrogen (secondary N) is 1. The quantitative estimate of drug-likeness (QED) is 0.727. The first kappa shape index (κ1) is 12.7. The fourth-order valence-corrected chi connectivity index (χ4v) is 3.25. The summed E-state index contributed by atoms with van der Waals surface area (Å²) in [6.07, 6.45) is 4.10. The molecule has 4 heteroatoms. The number of rotatable bonds is 7. The molecule has 0 bridgehead atoms. The fourth-order valence-electron chi connectivity index (χ4n) is 2.25. The topological polar surface area (TPSA) is 24.5 Å². The van der Waals surface area contributed by atoms with E-state index in [0.717, 1.165) is 25.2 Å². The molecule has 0 aromatic carbocycles. The molecule has 0 radical (unpaired) electrons. The molecule has 2 rings (SSSR count). The number of nitrogens with zero attached hydrogens (tertiary/aromatic N) is 1.